The summed E-state index contributed by atoms with van der Waals surface area (Å²) in [6, 6.07) is 7.06. The Labute approximate surface area is 162 Å². The molecule has 2 amide bonds. The molecule has 10 heteroatoms. The van der Waals surface area contributed by atoms with Gasteiger partial charge in [-0.25, -0.2) is 13.1 Å². The third-order valence-electron chi connectivity index (χ3n) is 4.92. The number of carbonyl (C=O) groups is 2. The van der Waals surface area contributed by atoms with Gasteiger partial charge < -0.3 is 9.42 Å². The summed E-state index contributed by atoms with van der Waals surface area (Å²) >= 11 is 0. The number of likely N-dealkylation sites (tertiary alicyclic amines) is 1. The minimum atomic E-state index is -4.14. The Morgan fingerprint density at radius 1 is 1.29 bits per heavy atom. The van der Waals surface area contributed by atoms with Crippen LogP contribution >= 0.6 is 0 Å². The van der Waals surface area contributed by atoms with Crippen molar-refractivity contribution < 1.29 is 22.5 Å². The summed E-state index contributed by atoms with van der Waals surface area (Å²) in [6.45, 7) is 5.04. The van der Waals surface area contributed by atoms with E-state index in [1.54, 1.807) is 13.8 Å². The second kappa shape index (κ2) is 6.76. The van der Waals surface area contributed by atoms with Gasteiger partial charge >= 0.3 is 0 Å². The molecule has 146 valence electrons. The number of nitriles is 1. The van der Waals surface area contributed by atoms with Crippen LogP contribution in [0.25, 0.3) is 0 Å². The average Bonchev–Trinajstić information content (AvgIpc) is 2.98. The van der Waals surface area contributed by atoms with Crippen molar-refractivity contribution in [3.63, 3.8) is 0 Å². The molecule has 1 aromatic carbocycles. The van der Waals surface area contributed by atoms with Gasteiger partial charge in [0.05, 0.1) is 22.2 Å². The fraction of sp³-hybridized carbons (Fsp3) is 0.333. The number of sulfonamides is 1. The van der Waals surface area contributed by atoms with Crippen LogP contribution in [0, 0.1) is 25.2 Å². The van der Waals surface area contributed by atoms with E-state index >= 15 is 0 Å². The number of rotatable bonds is 4. The van der Waals surface area contributed by atoms with Gasteiger partial charge in [0.25, 0.3) is 21.8 Å². The highest BCUT2D eigenvalue weighted by Crippen LogP contribution is 2.33. The molecule has 2 heterocycles. The van der Waals surface area contributed by atoms with Crippen molar-refractivity contribution in [3.05, 3.63) is 46.8 Å². The Kier molecular flexibility index (Phi) is 4.72. The Morgan fingerprint density at radius 2 is 1.93 bits per heavy atom. The van der Waals surface area contributed by atoms with E-state index in [9.17, 15) is 18.0 Å². The Bertz CT molecular complexity index is 1080. The predicted molar refractivity (Wildman–Crippen MR) is 96.5 cm³/mol. The highest BCUT2D eigenvalue weighted by atomic mass is 32.2. The van der Waals surface area contributed by atoms with Gasteiger partial charge in [-0.15, -0.1) is 0 Å². The molecule has 1 saturated heterocycles. The number of benzene rings is 1. The molecular formula is C18H18N4O5S. The minimum absolute atomic E-state index is 0.147. The lowest BCUT2D eigenvalue weighted by atomic mass is 9.85. The molecule has 1 aromatic heterocycles. The maximum Gasteiger partial charge on any atom is 0.264 e. The summed E-state index contributed by atoms with van der Waals surface area (Å²) in [5.74, 6) is -0.901. The molecule has 0 radical (unpaired) electrons. The van der Waals surface area contributed by atoms with Gasteiger partial charge in [0.2, 0.25) is 0 Å². The summed E-state index contributed by atoms with van der Waals surface area (Å²) < 4.78 is 32.0. The van der Waals surface area contributed by atoms with Gasteiger partial charge in [-0.3, -0.25) is 9.59 Å². The molecule has 1 aliphatic rings. The van der Waals surface area contributed by atoms with Crippen LogP contribution in [0.2, 0.25) is 0 Å². The van der Waals surface area contributed by atoms with Crippen molar-refractivity contribution in [1.82, 2.24) is 14.8 Å². The first kappa shape index (κ1) is 19.6. The first-order chi connectivity index (χ1) is 13.1. The Morgan fingerprint density at radius 3 is 2.39 bits per heavy atom. The smallest absolute Gasteiger partial charge is 0.264 e. The summed E-state index contributed by atoms with van der Waals surface area (Å²) in [6.07, 6.45) is 0.316. The third-order valence-corrected chi connectivity index (χ3v) is 6.27. The van der Waals surface area contributed by atoms with Crippen molar-refractivity contribution in [1.29, 1.82) is 5.26 Å². The van der Waals surface area contributed by atoms with Crippen LogP contribution in [-0.4, -0.2) is 42.4 Å². The van der Waals surface area contributed by atoms with E-state index in [1.165, 1.54) is 36.1 Å². The maximum absolute atomic E-state index is 12.8. The number of aromatic nitrogens is 1. The fourth-order valence-corrected chi connectivity index (χ4v) is 4.12. The number of hydrogen-bond donors (Lipinski definition) is 1. The average molecular weight is 402 g/mol. The highest BCUT2D eigenvalue weighted by molar-refractivity contribution is 7.90. The molecular weight excluding hydrogens is 384 g/mol. The number of nitrogens with one attached hydrogen (secondary N) is 1. The van der Waals surface area contributed by atoms with E-state index in [0.29, 0.717) is 30.0 Å². The van der Waals surface area contributed by atoms with E-state index in [0.717, 1.165) is 0 Å². The number of amides is 2. The van der Waals surface area contributed by atoms with E-state index in [1.807, 2.05) is 10.8 Å². The molecule has 0 spiro atoms. The molecule has 28 heavy (non-hydrogen) atoms. The van der Waals surface area contributed by atoms with Crippen molar-refractivity contribution in [2.45, 2.75) is 37.6 Å². The van der Waals surface area contributed by atoms with Gasteiger partial charge in [-0.2, -0.15) is 5.26 Å². The quantitative estimate of drug-likeness (QED) is 0.814. The standard InChI is InChI=1S/C18H18N4O5S/c1-11-15(12(2)27-20-11)16(23)22-9-8-18(22,3)17(24)21-28(25,26)14-6-4-13(10-19)5-7-14/h4-7H,8-9H2,1-3H3,(H,21,24). The Hall–Kier alpha value is -3.19. The van der Waals surface area contributed by atoms with Crippen LogP contribution in [-0.2, 0) is 14.8 Å². The number of nitrogens with zero attached hydrogens (tertiary/aromatic N) is 3. The largest absolute Gasteiger partial charge is 0.361 e. The van der Waals surface area contributed by atoms with Crippen LogP contribution in [0.15, 0.2) is 33.7 Å². The normalized spacial score (nSPS) is 18.9. The summed E-state index contributed by atoms with van der Waals surface area (Å²) in [5.41, 5.74) is -0.337. The zero-order valence-electron chi connectivity index (χ0n) is 15.5. The van der Waals surface area contributed by atoms with Gasteiger partial charge in [-0.05, 0) is 51.5 Å². The van der Waals surface area contributed by atoms with Gasteiger partial charge in [0, 0.05) is 6.54 Å². The fourth-order valence-electron chi connectivity index (χ4n) is 3.04. The lowest BCUT2D eigenvalue weighted by molar-refractivity contribution is -0.135. The highest BCUT2D eigenvalue weighted by Gasteiger charge is 2.51. The molecule has 1 N–H and O–H groups in total. The van der Waals surface area contributed by atoms with Crippen molar-refractivity contribution in [2.24, 2.45) is 0 Å². The van der Waals surface area contributed by atoms with Crippen molar-refractivity contribution in [3.8, 4) is 6.07 Å². The molecule has 0 aliphatic carbocycles. The molecule has 1 unspecified atom stereocenters. The van der Waals surface area contributed by atoms with Crippen LogP contribution in [0.3, 0.4) is 0 Å². The zero-order chi connectivity index (χ0) is 20.7. The maximum atomic E-state index is 12.8. The number of carbonyl (C=O) groups excluding carboxylic acids is 2. The summed E-state index contributed by atoms with van der Waals surface area (Å²) in [5, 5.41) is 12.5. The monoisotopic (exact) mass is 402 g/mol. The zero-order valence-corrected chi connectivity index (χ0v) is 16.3. The summed E-state index contributed by atoms with van der Waals surface area (Å²) in [4.78, 5) is 26.7. The number of hydrogen-bond acceptors (Lipinski definition) is 7. The first-order valence-corrected chi connectivity index (χ1v) is 9.91. The topological polar surface area (TPSA) is 133 Å². The lowest BCUT2D eigenvalue weighted by Crippen LogP contribution is -2.67. The summed E-state index contributed by atoms with van der Waals surface area (Å²) in [7, 11) is -4.14. The SMILES string of the molecule is Cc1noc(C)c1C(=O)N1CCC1(C)C(=O)NS(=O)(=O)c1ccc(C#N)cc1. The molecule has 1 atom stereocenters. The van der Waals surface area contributed by atoms with Gasteiger partial charge in [0.15, 0.2) is 0 Å². The van der Waals surface area contributed by atoms with E-state index in [-0.39, 0.29) is 10.5 Å². The van der Waals surface area contributed by atoms with E-state index in [4.69, 9.17) is 9.78 Å². The first-order valence-electron chi connectivity index (χ1n) is 8.42. The second-order valence-corrected chi connectivity index (χ2v) is 8.43. The predicted octanol–water partition coefficient (Wildman–Crippen LogP) is 1.27. The van der Waals surface area contributed by atoms with E-state index < -0.39 is 27.4 Å². The van der Waals surface area contributed by atoms with E-state index in [2.05, 4.69) is 5.16 Å². The molecule has 0 bridgehead atoms. The molecule has 1 fully saturated rings. The molecule has 2 aromatic rings. The molecule has 1 aliphatic heterocycles. The van der Waals surface area contributed by atoms with Crippen molar-refractivity contribution >= 4 is 21.8 Å². The molecule has 9 nitrogen and oxygen atoms in total. The van der Waals surface area contributed by atoms with Crippen molar-refractivity contribution in [2.75, 3.05) is 6.54 Å². The van der Waals surface area contributed by atoms with Crippen LogP contribution in [0.1, 0.15) is 40.7 Å². The molecule has 0 saturated carbocycles. The Balaban J connectivity index is 1.81. The van der Waals surface area contributed by atoms with Crippen LogP contribution in [0.5, 0.6) is 0 Å². The van der Waals surface area contributed by atoms with Gasteiger partial charge in [0.1, 0.15) is 16.9 Å². The van der Waals surface area contributed by atoms with Gasteiger partial charge in [-0.1, -0.05) is 5.16 Å². The third kappa shape index (κ3) is 3.14. The minimum Gasteiger partial charge on any atom is -0.361 e. The van der Waals surface area contributed by atoms with Crippen LogP contribution < -0.4 is 4.72 Å². The lowest BCUT2D eigenvalue weighted by Gasteiger charge is -2.48. The molecule has 3 rings (SSSR count). The second-order valence-electron chi connectivity index (χ2n) is 6.75. The van der Waals surface area contributed by atoms with Crippen LogP contribution in [0.4, 0.5) is 0 Å². The number of aryl methyl sites for hydroxylation is 2.